The fourth-order valence-electron chi connectivity index (χ4n) is 3.92. The van der Waals surface area contributed by atoms with Crippen LogP contribution in [0, 0.1) is 0 Å². The molecule has 0 aromatic heterocycles. The van der Waals surface area contributed by atoms with Crippen molar-refractivity contribution >= 4 is 22.0 Å². The number of ether oxygens (including phenoxy) is 2. The minimum absolute atomic E-state index is 0.127. The zero-order valence-corrected chi connectivity index (χ0v) is 18.8. The van der Waals surface area contributed by atoms with Crippen LogP contribution < -0.4 is 3.58 Å². The molecule has 0 radical (unpaired) electrons. The summed E-state index contributed by atoms with van der Waals surface area (Å²) in [5.74, 6) is 0. The zero-order chi connectivity index (χ0) is 17.3. The molecule has 1 aromatic carbocycles. The first-order valence-electron chi connectivity index (χ1n) is 10.1. The van der Waals surface area contributed by atoms with Crippen LogP contribution in [0.15, 0.2) is 24.3 Å². The predicted molar refractivity (Wildman–Crippen MR) is 106 cm³/mol. The Morgan fingerprint density at radius 3 is 1.92 bits per heavy atom. The number of unbranched alkanes of at least 4 members (excludes halogenated alkanes) is 3. The Morgan fingerprint density at radius 1 is 0.875 bits per heavy atom. The standard InChI is InChI=1S/C9H9O2.3C4H9.Sn/c1-2-4-8(5-3-1)9-10-6-7-11-9;3*1-3-4-2;/h1-2,4-5,9H,6-7H2;3*1,3-4H2,2H3;. The fourth-order valence-corrected chi connectivity index (χ4v) is 20.0. The predicted octanol–water partition coefficient (Wildman–Crippen LogP) is 5.79. The normalized spacial score (nSPS) is 16.0. The Kier molecular flexibility index (Phi) is 9.13. The first-order chi connectivity index (χ1) is 11.8. The van der Waals surface area contributed by atoms with Crippen molar-refractivity contribution in [3.8, 4) is 0 Å². The van der Waals surface area contributed by atoms with Gasteiger partial charge in [-0.2, -0.15) is 0 Å². The van der Waals surface area contributed by atoms with Gasteiger partial charge in [0.1, 0.15) is 0 Å². The van der Waals surface area contributed by atoms with Gasteiger partial charge in [-0.3, -0.25) is 0 Å². The van der Waals surface area contributed by atoms with Gasteiger partial charge in [0.25, 0.3) is 0 Å². The van der Waals surface area contributed by atoms with E-state index in [0.717, 1.165) is 13.2 Å². The average Bonchev–Trinajstić information content (AvgIpc) is 3.16. The molecule has 1 aliphatic rings. The van der Waals surface area contributed by atoms with Gasteiger partial charge in [-0.25, -0.2) is 0 Å². The molecular weight excluding hydrogens is 403 g/mol. The van der Waals surface area contributed by atoms with Crippen LogP contribution in [0.2, 0.25) is 13.3 Å². The maximum absolute atomic E-state index is 5.75. The van der Waals surface area contributed by atoms with Gasteiger partial charge in [-0.1, -0.05) is 0 Å². The van der Waals surface area contributed by atoms with Gasteiger partial charge < -0.3 is 0 Å². The van der Waals surface area contributed by atoms with Crippen molar-refractivity contribution in [3.05, 3.63) is 29.8 Å². The molecule has 0 saturated carbocycles. The van der Waals surface area contributed by atoms with E-state index in [1.165, 1.54) is 57.4 Å². The molecule has 0 bridgehead atoms. The summed E-state index contributed by atoms with van der Waals surface area (Å²) in [6, 6.07) is 9.35. The van der Waals surface area contributed by atoms with E-state index >= 15 is 0 Å². The fraction of sp³-hybridized carbons (Fsp3) is 0.714. The topological polar surface area (TPSA) is 18.5 Å². The van der Waals surface area contributed by atoms with Gasteiger partial charge in [-0.05, 0) is 0 Å². The van der Waals surface area contributed by atoms with Crippen LogP contribution >= 0.6 is 0 Å². The molecule has 1 fully saturated rings. The van der Waals surface area contributed by atoms with Crippen molar-refractivity contribution in [2.45, 2.75) is 78.9 Å². The minimum atomic E-state index is -2.33. The van der Waals surface area contributed by atoms with Crippen LogP contribution in [0.3, 0.4) is 0 Å². The second-order valence-electron chi connectivity index (χ2n) is 7.29. The number of hydrogen-bond donors (Lipinski definition) is 0. The van der Waals surface area contributed by atoms with E-state index in [1.54, 1.807) is 3.58 Å². The SMILES string of the molecule is CCC[CH2][Sn]([CH2]CCC)([CH2]CCC)[c]1cccc(C2OCCO2)c1. The van der Waals surface area contributed by atoms with Crippen molar-refractivity contribution < 1.29 is 9.47 Å². The Bertz CT molecular complexity index is 447. The zero-order valence-electron chi connectivity index (χ0n) is 16.0. The van der Waals surface area contributed by atoms with Crippen LogP contribution in [0.1, 0.15) is 71.1 Å². The Hall–Kier alpha value is -0.0613. The van der Waals surface area contributed by atoms with Gasteiger partial charge >= 0.3 is 153 Å². The molecule has 0 atom stereocenters. The van der Waals surface area contributed by atoms with Crippen molar-refractivity contribution in [1.29, 1.82) is 0 Å². The molecule has 0 amide bonds. The maximum atomic E-state index is 5.75. The molecule has 3 heteroatoms. The van der Waals surface area contributed by atoms with E-state index < -0.39 is 18.4 Å². The van der Waals surface area contributed by atoms with E-state index in [9.17, 15) is 0 Å². The van der Waals surface area contributed by atoms with Crippen molar-refractivity contribution in [2.75, 3.05) is 13.2 Å². The number of benzene rings is 1. The third-order valence-electron chi connectivity index (χ3n) is 5.42. The van der Waals surface area contributed by atoms with E-state index in [-0.39, 0.29) is 6.29 Å². The summed E-state index contributed by atoms with van der Waals surface area (Å²) in [5, 5.41) is 0. The molecule has 2 rings (SSSR count). The third kappa shape index (κ3) is 5.47. The molecule has 1 aliphatic heterocycles. The molecular formula is C21H36O2Sn. The molecule has 1 saturated heterocycles. The first-order valence-corrected chi connectivity index (χ1v) is 17.6. The van der Waals surface area contributed by atoms with Crippen LogP contribution in [-0.4, -0.2) is 31.6 Å². The molecule has 0 spiro atoms. The van der Waals surface area contributed by atoms with E-state index in [4.69, 9.17) is 9.47 Å². The monoisotopic (exact) mass is 440 g/mol. The Morgan fingerprint density at radius 2 is 1.42 bits per heavy atom. The number of hydrogen-bond acceptors (Lipinski definition) is 2. The second-order valence-corrected chi connectivity index (χ2v) is 20.5. The van der Waals surface area contributed by atoms with E-state index in [1.807, 2.05) is 0 Å². The molecule has 2 nitrogen and oxygen atoms in total. The van der Waals surface area contributed by atoms with Gasteiger partial charge in [0.05, 0.1) is 0 Å². The van der Waals surface area contributed by atoms with Gasteiger partial charge in [0, 0.05) is 0 Å². The van der Waals surface area contributed by atoms with Crippen molar-refractivity contribution in [2.24, 2.45) is 0 Å². The summed E-state index contributed by atoms with van der Waals surface area (Å²) in [5.41, 5.74) is 1.25. The molecule has 24 heavy (non-hydrogen) atoms. The van der Waals surface area contributed by atoms with E-state index in [0.29, 0.717) is 0 Å². The number of rotatable bonds is 11. The Labute approximate surface area is 153 Å². The molecule has 136 valence electrons. The summed E-state index contributed by atoms with van der Waals surface area (Å²) in [6.07, 6.45) is 8.07. The summed E-state index contributed by atoms with van der Waals surface area (Å²) >= 11 is -2.33. The summed E-state index contributed by atoms with van der Waals surface area (Å²) < 4.78 is 17.8. The van der Waals surface area contributed by atoms with Crippen molar-refractivity contribution in [1.82, 2.24) is 0 Å². The van der Waals surface area contributed by atoms with Crippen LogP contribution in [0.4, 0.5) is 0 Å². The van der Waals surface area contributed by atoms with Crippen molar-refractivity contribution in [3.63, 3.8) is 0 Å². The summed E-state index contributed by atoms with van der Waals surface area (Å²) in [4.78, 5) is 0. The van der Waals surface area contributed by atoms with Gasteiger partial charge in [0.15, 0.2) is 0 Å². The summed E-state index contributed by atoms with van der Waals surface area (Å²) in [7, 11) is 0. The average molecular weight is 439 g/mol. The Balaban J connectivity index is 2.29. The molecule has 1 heterocycles. The second kappa shape index (κ2) is 10.8. The van der Waals surface area contributed by atoms with Gasteiger partial charge in [0.2, 0.25) is 0 Å². The van der Waals surface area contributed by atoms with Crippen LogP contribution in [0.5, 0.6) is 0 Å². The third-order valence-corrected chi connectivity index (χ3v) is 21.0. The molecule has 0 aliphatic carbocycles. The quantitative estimate of drug-likeness (QED) is 0.407. The summed E-state index contributed by atoms with van der Waals surface area (Å²) in [6.45, 7) is 8.47. The van der Waals surface area contributed by atoms with Gasteiger partial charge in [-0.15, -0.1) is 0 Å². The van der Waals surface area contributed by atoms with Crippen LogP contribution in [-0.2, 0) is 9.47 Å². The molecule has 0 unspecified atom stereocenters. The molecule has 0 N–H and O–H groups in total. The first kappa shape index (κ1) is 20.3. The molecule has 1 aromatic rings. The van der Waals surface area contributed by atoms with Crippen LogP contribution in [0.25, 0.3) is 0 Å². The van der Waals surface area contributed by atoms with E-state index in [2.05, 4.69) is 45.0 Å².